The number of phosphoric acid groups is 1. The fourth-order valence-electron chi connectivity index (χ4n) is 6.44. The Morgan fingerprint density at radius 2 is 0.948 bits per heavy atom. The van der Waals surface area contributed by atoms with Gasteiger partial charge in [-0.15, -0.1) is 0 Å². The third-order valence-electron chi connectivity index (χ3n) is 10.2. The van der Waals surface area contributed by atoms with Crippen LogP contribution >= 0.6 is 7.82 Å². The van der Waals surface area contributed by atoms with Crippen molar-refractivity contribution in [2.24, 2.45) is 0 Å². The molecule has 340 valence electrons. The number of ether oxygens (including phenoxy) is 2. The maximum absolute atomic E-state index is 12.7. The number of carbonyl (C=O) groups excluding carboxylic acids is 2. The van der Waals surface area contributed by atoms with Crippen LogP contribution in [0.25, 0.3) is 0 Å². The molecule has 0 aliphatic heterocycles. The van der Waals surface area contributed by atoms with E-state index in [1.807, 2.05) is 21.1 Å². The van der Waals surface area contributed by atoms with Crippen molar-refractivity contribution < 1.29 is 42.1 Å². The second-order valence-electron chi connectivity index (χ2n) is 17.1. The van der Waals surface area contributed by atoms with E-state index < -0.39 is 32.5 Å². The largest absolute Gasteiger partial charge is 0.756 e. The molecule has 1 unspecified atom stereocenters. The van der Waals surface area contributed by atoms with Crippen LogP contribution in [0, 0.1) is 0 Å². The van der Waals surface area contributed by atoms with Crippen molar-refractivity contribution in [3.8, 4) is 0 Å². The molecule has 0 amide bonds. The number of esters is 2. The minimum Gasteiger partial charge on any atom is -0.756 e. The Morgan fingerprint density at radius 3 is 1.43 bits per heavy atom. The molecule has 0 bridgehead atoms. The van der Waals surface area contributed by atoms with E-state index in [-0.39, 0.29) is 26.1 Å². The van der Waals surface area contributed by atoms with Gasteiger partial charge in [-0.05, 0) is 44.9 Å². The molecule has 0 N–H and O–H groups in total. The Balaban J connectivity index is 4.38. The number of hydrogen-bond acceptors (Lipinski definition) is 8. The summed E-state index contributed by atoms with van der Waals surface area (Å²) in [6.07, 6.45) is 46.1. The highest BCUT2D eigenvalue weighted by Crippen LogP contribution is 2.38. The lowest BCUT2D eigenvalue weighted by Gasteiger charge is -2.28. The summed E-state index contributed by atoms with van der Waals surface area (Å²) in [5, 5.41) is 0. The number of hydrogen-bond donors (Lipinski definition) is 0. The SMILES string of the molecule is CCCCCCCC/C=C\C/C=C\C/C=C\CCCC(=O)O[C@H](COC(=O)CCCCCCCCCCCCCCCCCCC)COP(=O)([O-])OCC[N+](C)(C)C. The molecule has 0 radical (unpaired) electrons. The first-order valence-electron chi connectivity index (χ1n) is 23.7. The fourth-order valence-corrected chi connectivity index (χ4v) is 7.16. The smallest absolute Gasteiger partial charge is 0.306 e. The summed E-state index contributed by atoms with van der Waals surface area (Å²) in [6, 6.07) is 0. The summed E-state index contributed by atoms with van der Waals surface area (Å²) in [5.74, 6) is -0.888. The standard InChI is InChI=1S/C48H90NO8P/c1-6-8-10-12-14-16-18-20-22-24-26-28-30-32-34-36-38-40-47(50)54-44-46(45-56-58(52,53)55-43-42-49(3,4)5)57-48(51)41-39-37-35-33-31-29-27-25-23-21-19-17-15-13-11-9-7-2/h21,23,27,29,33,35,46H,6-20,22,24-26,28,30-32,34,36-45H2,1-5H3/b23-21-,29-27-,35-33-/t46-/m1/s1. The van der Waals surface area contributed by atoms with Crippen LogP contribution < -0.4 is 4.89 Å². The summed E-state index contributed by atoms with van der Waals surface area (Å²) in [4.78, 5) is 37.6. The maximum atomic E-state index is 12.7. The Kier molecular flexibility index (Phi) is 39.4. The summed E-state index contributed by atoms with van der Waals surface area (Å²) in [6.45, 7) is 4.18. The van der Waals surface area contributed by atoms with E-state index in [0.29, 0.717) is 23.9 Å². The van der Waals surface area contributed by atoms with Crippen LogP contribution in [0.2, 0.25) is 0 Å². The number of rotatable bonds is 43. The molecule has 0 heterocycles. The van der Waals surface area contributed by atoms with E-state index in [1.165, 1.54) is 128 Å². The monoisotopic (exact) mass is 840 g/mol. The van der Waals surface area contributed by atoms with Crippen molar-refractivity contribution in [2.45, 2.75) is 213 Å². The summed E-state index contributed by atoms with van der Waals surface area (Å²) < 4.78 is 33.9. The van der Waals surface area contributed by atoms with Crippen molar-refractivity contribution in [3.05, 3.63) is 36.5 Å². The lowest BCUT2D eigenvalue weighted by molar-refractivity contribution is -0.870. The molecule has 2 atom stereocenters. The zero-order valence-corrected chi connectivity index (χ0v) is 39.1. The summed E-state index contributed by atoms with van der Waals surface area (Å²) in [5.41, 5.74) is 0. The molecular weight excluding hydrogens is 750 g/mol. The third kappa shape index (κ3) is 43.8. The van der Waals surface area contributed by atoms with Crippen LogP contribution in [-0.2, 0) is 32.7 Å². The van der Waals surface area contributed by atoms with Gasteiger partial charge in [0.25, 0.3) is 7.82 Å². The number of unbranched alkanes of at least 4 members (excludes halogenated alkanes) is 23. The van der Waals surface area contributed by atoms with Crippen LogP contribution in [-0.4, -0.2) is 70.0 Å². The van der Waals surface area contributed by atoms with Crippen LogP contribution in [0.5, 0.6) is 0 Å². The Hall–Kier alpha value is -1.77. The molecule has 58 heavy (non-hydrogen) atoms. The van der Waals surface area contributed by atoms with Gasteiger partial charge in [0.15, 0.2) is 6.10 Å². The van der Waals surface area contributed by atoms with Gasteiger partial charge in [0.2, 0.25) is 0 Å². The van der Waals surface area contributed by atoms with Gasteiger partial charge in [0.1, 0.15) is 19.8 Å². The van der Waals surface area contributed by atoms with Crippen molar-refractivity contribution in [1.82, 2.24) is 0 Å². The van der Waals surface area contributed by atoms with Gasteiger partial charge in [-0.3, -0.25) is 14.2 Å². The highest BCUT2D eigenvalue weighted by Gasteiger charge is 2.21. The maximum Gasteiger partial charge on any atom is 0.306 e. The molecule has 0 rings (SSSR count). The Labute approximate surface area is 357 Å². The molecule has 0 fully saturated rings. The quantitative estimate of drug-likeness (QED) is 0.0196. The number of likely N-dealkylation sites (N-methyl/N-ethyl adjacent to an activating group) is 1. The molecule has 0 spiro atoms. The van der Waals surface area contributed by atoms with E-state index in [2.05, 4.69) is 50.3 Å². The van der Waals surface area contributed by atoms with Gasteiger partial charge in [-0.25, -0.2) is 0 Å². The van der Waals surface area contributed by atoms with E-state index in [0.717, 1.165) is 38.5 Å². The predicted molar refractivity (Wildman–Crippen MR) is 241 cm³/mol. The average molecular weight is 840 g/mol. The summed E-state index contributed by atoms with van der Waals surface area (Å²) in [7, 11) is 1.14. The first-order chi connectivity index (χ1) is 28.0. The van der Waals surface area contributed by atoms with Gasteiger partial charge in [0, 0.05) is 12.8 Å². The second-order valence-corrected chi connectivity index (χ2v) is 18.5. The number of phosphoric ester groups is 1. The molecule has 10 heteroatoms. The minimum absolute atomic E-state index is 0.0389. The van der Waals surface area contributed by atoms with E-state index in [1.54, 1.807) is 0 Å². The van der Waals surface area contributed by atoms with Crippen LogP contribution in [0.1, 0.15) is 206 Å². The molecule has 0 aromatic carbocycles. The van der Waals surface area contributed by atoms with Crippen LogP contribution in [0.3, 0.4) is 0 Å². The van der Waals surface area contributed by atoms with Crippen LogP contribution in [0.4, 0.5) is 0 Å². The van der Waals surface area contributed by atoms with Gasteiger partial charge in [0.05, 0.1) is 27.7 Å². The Bertz CT molecular complexity index is 1090. The first kappa shape index (κ1) is 56.2. The van der Waals surface area contributed by atoms with Gasteiger partial charge in [-0.1, -0.05) is 185 Å². The molecule has 0 saturated carbocycles. The highest BCUT2D eigenvalue weighted by atomic mass is 31.2. The summed E-state index contributed by atoms with van der Waals surface area (Å²) >= 11 is 0. The number of nitrogens with zero attached hydrogens (tertiary/aromatic N) is 1. The lowest BCUT2D eigenvalue weighted by Crippen LogP contribution is -2.37. The van der Waals surface area contributed by atoms with E-state index in [4.69, 9.17) is 18.5 Å². The molecule has 0 aromatic rings. The molecule has 0 aliphatic rings. The molecule has 9 nitrogen and oxygen atoms in total. The highest BCUT2D eigenvalue weighted by molar-refractivity contribution is 7.45. The lowest BCUT2D eigenvalue weighted by atomic mass is 10.0. The number of carbonyl (C=O) groups is 2. The average Bonchev–Trinajstić information content (AvgIpc) is 3.17. The second kappa shape index (κ2) is 40.6. The topological polar surface area (TPSA) is 111 Å². The van der Waals surface area contributed by atoms with Crippen LogP contribution in [0.15, 0.2) is 36.5 Å². The number of allylic oxidation sites excluding steroid dienone is 6. The number of quaternary nitrogens is 1. The zero-order chi connectivity index (χ0) is 42.8. The molecular formula is C48H90NO8P. The minimum atomic E-state index is -4.64. The molecule has 0 aliphatic carbocycles. The van der Waals surface area contributed by atoms with Crippen molar-refractivity contribution in [2.75, 3.05) is 47.5 Å². The van der Waals surface area contributed by atoms with Crippen molar-refractivity contribution >= 4 is 19.8 Å². The first-order valence-corrected chi connectivity index (χ1v) is 25.2. The van der Waals surface area contributed by atoms with Gasteiger partial charge in [-0.2, -0.15) is 0 Å². The Morgan fingerprint density at radius 1 is 0.534 bits per heavy atom. The zero-order valence-electron chi connectivity index (χ0n) is 38.2. The van der Waals surface area contributed by atoms with Crippen molar-refractivity contribution in [1.29, 1.82) is 0 Å². The van der Waals surface area contributed by atoms with E-state index >= 15 is 0 Å². The predicted octanol–water partition coefficient (Wildman–Crippen LogP) is 13.1. The fraction of sp³-hybridized carbons (Fsp3) is 0.833. The molecule has 0 saturated heterocycles. The van der Waals surface area contributed by atoms with Crippen molar-refractivity contribution in [3.63, 3.8) is 0 Å². The third-order valence-corrected chi connectivity index (χ3v) is 11.1. The van der Waals surface area contributed by atoms with E-state index in [9.17, 15) is 19.0 Å². The van der Waals surface area contributed by atoms with Gasteiger partial charge >= 0.3 is 11.9 Å². The normalized spacial score (nSPS) is 13.8. The van der Waals surface area contributed by atoms with Gasteiger partial charge < -0.3 is 27.9 Å². The molecule has 0 aromatic heterocycles.